The van der Waals surface area contributed by atoms with Crippen LogP contribution in [-0.4, -0.2) is 40.7 Å². The minimum atomic E-state index is -0.999. The quantitative estimate of drug-likeness (QED) is 0.266. The molecule has 1 aromatic heterocycles. The van der Waals surface area contributed by atoms with E-state index in [1.165, 1.54) is 0 Å². The third-order valence-electron chi connectivity index (χ3n) is 6.22. The highest BCUT2D eigenvalue weighted by molar-refractivity contribution is 6.39. The number of nitrogens with zero attached hydrogens (tertiary/aromatic N) is 2. The molecule has 1 aliphatic rings. The van der Waals surface area contributed by atoms with Crippen molar-refractivity contribution in [2.45, 2.75) is 51.2 Å². The molecule has 0 spiro atoms. The van der Waals surface area contributed by atoms with Crippen LogP contribution in [0.15, 0.2) is 47.0 Å². The Morgan fingerprint density at radius 3 is 2.53 bits per heavy atom. The smallest absolute Gasteiger partial charge is 0.336 e. The zero-order chi connectivity index (χ0) is 25.7. The Morgan fingerprint density at radius 1 is 1.11 bits per heavy atom. The van der Waals surface area contributed by atoms with Crippen LogP contribution in [0.5, 0.6) is 0 Å². The molecule has 0 bridgehead atoms. The summed E-state index contributed by atoms with van der Waals surface area (Å²) in [7, 11) is 1.68. The van der Waals surface area contributed by atoms with Gasteiger partial charge in [0.15, 0.2) is 0 Å². The first kappa shape index (κ1) is 26.2. The van der Waals surface area contributed by atoms with Gasteiger partial charge in [-0.1, -0.05) is 52.6 Å². The van der Waals surface area contributed by atoms with Crippen molar-refractivity contribution in [2.24, 2.45) is 0 Å². The van der Waals surface area contributed by atoms with Gasteiger partial charge in [-0.25, -0.2) is 4.79 Å². The molecular weight excluding hydrogens is 503 g/mol. The molecule has 0 saturated heterocycles. The van der Waals surface area contributed by atoms with Gasteiger partial charge in [0.2, 0.25) is 5.91 Å². The number of rotatable bonds is 12. The summed E-state index contributed by atoms with van der Waals surface area (Å²) in [6, 6.07) is 12.0. The van der Waals surface area contributed by atoms with E-state index in [4.69, 9.17) is 32.5 Å². The molecule has 2 aromatic carbocycles. The molecule has 4 rings (SSSR count). The van der Waals surface area contributed by atoms with Gasteiger partial charge in [-0.3, -0.25) is 4.79 Å². The van der Waals surface area contributed by atoms with Crippen LogP contribution in [0.3, 0.4) is 0 Å². The van der Waals surface area contributed by atoms with Crippen LogP contribution in [-0.2, 0) is 22.7 Å². The van der Waals surface area contributed by atoms with Crippen LogP contribution in [0, 0.1) is 0 Å². The van der Waals surface area contributed by atoms with Crippen molar-refractivity contribution in [1.29, 1.82) is 0 Å². The van der Waals surface area contributed by atoms with E-state index in [0.717, 1.165) is 24.2 Å². The third-order valence-corrected chi connectivity index (χ3v) is 6.85. The summed E-state index contributed by atoms with van der Waals surface area (Å²) in [5, 5.41) is 14.6. The van der Waals surface area contributed by atoms with Crippen LogP contribution >= 0.6 is 23.2 Å². The molecule has 1 fully saturated rings. The SMILES string of the molecule is CN(Cc1ccccc1C(=O)O)C(=O)CCCCOCc1c(-c2c(Cl)cccc2Cl)noc1C1CC1. The first-order valence-corrected chi connectivity index (χ1v) is 12.7. The van der Waals surface area contributed by atoms with Crippen LogP contribution in [0.25, 0.3) is 11.3 Å². The van der Waals surface area contributed by atoms with Gasteiger partial charge in [0, 0.05) is 43.7 Å². The summed E-state index contributed by atoms with van der Waals surface area (Å²) in [6.07, 6.45) is 3.84. The fourth-order valence-electron chi connectivity index (χ4n) is 4.10. The summed E-state index contributed by atoms with van der Waals surface area (Å²) in [5.41, 5.74) is 2.96. The number of benzene rings is 2. The van der Waals surface area contributed by atoms with Gasteiger partial charge in [-0.15, -0.1) is 0 Å². The molecule has 1 heterocycles. The van der Waals surface area contributed by atoms with Gasteiger partial charge >= 0.3 is 5.97 Å². The van der Waals surface area contributed by atoms with Gasteiger partial charge in [-0.05, 0) is 49.4 Å². The van der Waals surface area contributed by atoms with Crippen LogP contribution in [0.1, 0.15) is 65.3 Å². The van der Waals surface area contributed by atoms with Gasteiger partial charge in [-0.2, -0.15) is 0 Å². The van der Waals surface area contributed by atoms with E-state index in [1.807, 2.05) is 0 Å². The molecule has 1 amide bonds. The highest BCUT2D eigenvalue weighted by Crippen LogP contribution is 2.46. The van der Waals surface area contributed by atoms with Gasteiger partial charge in [0.05, 0.1) is 22.2 Å². The molecule has 1 aliphatic carbocycles. The number of hydrogen-bond donors (Lipinski definition) is 1. The molecule has 9 heteroatoms. The molecule has 1 saturated carbocycles. The Kier molecular flexibility index (Phi) is 8.67. The number of carboxylic acids is 1. The lowest BCUT2D eigenvalue weighted by molar-refractivity contribution is -0.130. The van der Waals surface area contributed by atoms with E-state index in [0.29, 0.717) is 65.3 Å². The number of aromatic nitrogens is 1. The van der Waals surface area contributed by atoms with E-state index < -0.39 is 5.97 Å². The fraction of sp³-hybridized carbons (Fsp3) is 0.370. The lowest BCUT2D eigenvalue weighted by Crippen LogP contribution is -2.26. The number of carbonyl (C=O) groups is 2. The van der Waals surface area contributed by atoms with Crippen molar-refractivity contribution in [1.82, 2.24) is 10.1 Å². The minimum absolute atomic E-state index is 0.0408. The summed E-state index contributed by atoms with van der Waals surface area (Å²) >= 11 is 12.8. The highest BCUT2D eigenvalue weighted by atomic mass is 35.5. The van der Waals surface area contributed by atoms with Crippen molar-refractivity contribution in [3.63, 3.8) is 0 Å². The number of halogens is 2. The molecule has 0 aliphatic heterocycles. The zero-order valence-electron chi connectivity index (χ0n) is 20.0. The number of amides is 1. The molecule has 7 nitrogen and oxygen atoms in total. The maximum absolute atomic E-state index is 12.5. The Morgan fingerprint density at radius 2 is 1.83 bits per heavy atom. The van der Waals surface area contributed by atoms with Gasteiger partial charge in [0.25, 0.3) is 0 Å². The van der Waals surface area contributed by atoms with Crippen LogP contribution in [0.2, 0.25) is 10.0 Å². The molecule has 36 heavy (non-hydrogen) atoms. The van der Waals surface area contributed by atoms with E-state index in [2.05, 4.69) is 5.16 Å². The molecule has 0 radical (unpaired) electrons. The summed E-state index contributed by atoms with van der Waals surface area (Å²) in [6.45, 7) is 1.05. The molecule has 0 atom stereocenters. The Hall–Kier alpha value is -2.87. The first-order valence-electron chi connectivity index (χ1n) is 11.9. The third kappa shape index (κ3) is 6.27. The summed E-state index contributed by atoms with van der Waals surface area (Å²) in [5.74, 6) is 0.145. The molecule has 0 unspecified atom stereocenters. The average Bonchev–Trinajstić information content (AvgIpc) is 3.62. The number of ether oxygens (including phenoxy) is 1. The van der Waals surface area contributed by atoms with Gasteiger partial charge < -0.3 is 19.3 Å². The second-order valence-electron chi connectivity index (χ2n) is 8.97. The lowest BCUT2D eigenvalue weighted by atomic mass is 10.0. The van der Waals surface area contributed by atoms with Crippen molar-refractivity contribution < 1.29 is 24.0 Å². The standard InChI is InChI=1S/C27H28Cl2N2O5/c1-31(15-18-7-2-3-8-19(18)27(33)34)23(32)11-4-5-14-35-16-20-25(30-36-26(20)17-12-13-17)24-21(28)9-6-10-22(24)29/h2-3,6-10,17H,4-5,11-16H2,1H3,(H,33,34). The van der Waals surface area contributed by atoms with Crippen molar-refractivity contribution in [3.8, 4) is 11.3 Å². The van der Waals surface area contributed by atoms with E-state index in [9.17, 15) is 14.7 Å². The van der Waals surface area contributed by atoms with Crippen LogP contribution in [0.4, 0.5) is 0 Å². The number of aromatic carboxylic acids is 1. The molecule has 1 N–H and O–H groups in total. The maximum Gasteiger partial charge on any atom is 0.336 e. The highest BCUT2D eigenvalue weighted by Gasteiger charge is 2.33. The van der Waals surface area contributed by atoms with Gasteiger partial charge in [0.1, 0.15) is 11.5 Å². The molecule has 3 aromatic rings. The van der Waals surface area contributed by atoms with Crippen molar-refractivity contribution in [2.75, 3.05) is 13.7 Å². The van der Waals surface area contributed by atoms with Crippen molar-refractivity contribution in [3.05, 3.63) is 75.0 Å². The molecule has 190 valence electrons. The zero-order valence-corrected chi connectivity index (χ0v) is 21.5. The number of carbonyl (C=O) groups excluding carboxylic acids is 1. The predicted octanol–water partition coefficient (Wildman–Crippen LogP) is 6.57. The van der Waals surface area contributed by atoms with E-state index in [-0.39, 0.29) is 18.0 Å². The summed E-state index contributed by atoms with van der Waals surface area (Å²) < 4.78 is 11.6. The van der Waals surface area contributed by atoms with Crippen molar-refractivity contribution >= 4 is 35.1 Å². The average molecular weight is 531 g/mol. The number of carboxylic acid groups (broad SMARTS) is 1. The number of hydrogen-bond acceptors (Lipinski definition) is 5. The fourth-order valence-corrected chi connectivity index (χ4v) is 4.68. The predicted molar refractivity (Wildman–Crippen MR) is 137 cm³/mol. The first-order chi connectivity index (χ1) is 17.4. The minimum Gasteiger partial charge on any atom is -0.478 e. The molecular formula is C27H28Cl2N2O5. The normalized spacial score (nSPS) is 13.1. The Bertz CT molecular complexity index is 1220. The Labute approximate surface area is 219 Å². The maximum atomic E-state index is 12.5. The topological polar surface area (TPSA) is 92.9 Å². The van der Waals surface area contributed by atoms with E-state index in [1.54, 1.807) is 54.4 Å². The van der Waals surface area contributed by atoms with E-state index >= 15 is 0 Å². The second kappa shape index (κ2) is 11.9. The van der Waals surface area contributed by atoms with Crippen LogP contribution < -0.4 is 0 Å². The largest absolute Gasteiger partial charge is 0.478 e. The lowest BCUT2D eigenvalue weighted by Gasteiger charge is -2.18. The number of unbranched alkanes of at least 4 members (excludes halogenated alkanes) is 1. The monoisotopic (exact) mass is 530 g/mol. The Balaban J connectivity index is 1.27. The summed E-state index contributed by atoms with van der Waals surface area (Å²) in [4.78, 5) is 25.5. The second-order valence-corrected chi connectivity index (χ2v) is 9.78.